The first-order chi connectivity index (χ1) is 12.0. The SMILES string of the molecule is C[C@@H]1CC(Oc2cncc(Nc3cc(OC(F)F)n[nH]3)n2)C[C@@H](C)N1. The molecule has 1 aliphatic heterocycles. The summed E-state index contributed by atoms with van der Waals surface area (Å²) in [4.78, 5) is 8.42. The molecule has 2 aromatic heterocycles. The Kier molecular flexibility index (Phi) is 5.27. The quantitative estimate of drug-likeness (QED) is 0.733. The number of hydrogen-bond donors (Lipinski definition) is 3. The first-order valence-corrected chi connectivity index (χ1v) is 8.00. The van der Waals surface area contributed by atoms with Gasteiger partial charge in [-0.3, -0.25) is 10.1 Å². The second-order valence-electron chi connectivity index (χ2n) is 6.05. The smallest absolute Gasteiger partial charge is 0.388 e. The summed E-state index contributed by atoms with van der Waals surface area (Å²) in [6.07, 6.45) is 4.88. The van der Waals surface area contributed by atoms with Gasteiger partial charge in [-0.15, -0.1) is 5.10 Å². The molecule has 1 aliphatic rings. The van der Waals surface area contributed by atoms with Crippen LogP contribution in [0.15, 0.2) is 18.5 Å². The van der Waals surface area contributed by atoms with Crippen LogP contribution in [0, 0.1) is 0 Å². The lowest BCUT2D eigenvalue weighted by atomic mass is 9.98. The summed E-state index contributed by atoms with van der Waals surface area (Å²) in [6.45, 7) is 1.31. The Morgan fingerprint density at radius 2 is 1.96 bits per heavy atom. The summed E-state index contributed by atoms with van der Waals surface area (Å²) in [5.74, 6) is 0.946. The monoisotopic (exact) mass is 354 g/mol. The zero-order valence-electron chi connectivity index (χ0n) is 13.9. The van der Waals surface area contributed by atoms with Gasteiger partial charge in [-0.2, -0.15) is 13.8 Å². The largest absolute Gasteiger partial charge is 0.473 e. The van der Waals surface area contributed by atoms with Crippen LogP contribution in [-0.4, -0.2) is 45.0 Å². The summed E-state index contributed by atoms with van der Waals surface area (Å²) in [6, 6.07) is 2.06. The number of rotatable bonds is 6. The summed E-state index contributed by atoms with van der Waals surface area (Å²) >= 11 is 0. The van der Waals surface area contributed by atoms with Crippen LogP contribution < -0.4 is 20.1 Å². The molecule has 3 rings (SSSR count). The Hall–Kier alpha value is -2.49. The van der Waals surface area contributed by atoms with Gasteiger partial charge in [0.05, 0.1) is 12.4 Å². The molecular formula is C15H20F2N6O2. The maximum Gasteiger partial charge on any atom is 0.388 e. The predicted octanol–water partition coefficient (Wildman–Crippen LogP) is 2.45. The van der Waals surface area contributed by atoms with Crippen LogP contribution in [0.25, 0.3) is 0 Å². The van der Waals surface area contributed by atoms with E-state index in [-0.39, 0.29) is 12.0 Å². The van der Waals surface area contributed by atoms with E-state index in [9.17, 15) is 8.78 Å². The van der Waals surface area contributed by atoms with E-state index >= 15 is 0 Å². The maximum absolute atomic E-state index is 12.1. The van der Waals surface area contributed by atoms with E-state index in [0.29, 0.717) is 29.6 Å². The molecule has 136 valence electrons. The lowest BCUT2D eigenvalue weighted by Gasteiger charge is -2.32. The highest BCUT2D eigenvalue weighted by Gasteiger charge is 2.25. The zero-order valence-corrected chi connectivity index (χ0v) is 13.9. The summed E-state index contributed by atoms with van der Waals surface area (Å²) in [5, 5.41) is 12.5. The van der Waals surface area contributed by atoms with E-state index in [1.807, 2.05) is 0 Å². The Balaban J connectivity index is 1.62. The summed E-state index contributed by atoms with van der Waals surface area (Å²) < 4.78 is 34.4. The van der Waals surface area contributed by atoms with E-state index < -0.39 is 6.61 Å². The van der Waals surface area contributed by atoms with Gasteiger partial charge < -0.3 is 20.1 Å². The Morgan fingerprint density at radius 3 is 2.68 bits per heavy atom. The van der Waals surface area contributed by atoms with Gasteiger partial charge in [0.2, 0.25) is 11.8 Å². The maximum atomic E-state index is 12.1. The lowest BCUT2D eigenvalue weighted by Crippen LogP contribution is -2.46. The van der Waals surface area contributed by atoms with E-state index in [2.05, 4.69) is 49.4 Å². The van der Waals surface area contributed by atoms with Gasteiger partial charge in [-0.05, 0) is 26.7 Å². The molecule has 0 spiro atoms. The van der Waals surface area contributed by atoms with Crippen LogP contribution >= 0.6 is 0 Å². The van der Waals surface area contributed by atoms with Crippen molar-refractivity contribution in [3.8, 4) is 11.8 Å². The molecule has 0 bridgehead atoms. The van der Waals surface area contributed by atoms with E-state index in [1.165, 1.54) is 12.3 Å². The Bertz CT molecular complexity index is 688. The molecule has 0 aromatic carbocycles. The van der Waals surface area contributed by atoms with Crippen molar-refractivity contribution in [1.29, 1.82) is 0 Å². The number of halogens is 2. The molecule has 0 unspecified atom stereocenters. The fourth-order valence-electron chi connectivity index (χ4n) is 2.90. The molecule has 10 heteroatoms. The molecule has 3 heterocycles. The Morgan fingerprint density at radius 1 is 1.20 bits per heavy atom. The van der Waals surface area contributed by atoms with Crippen molar-refractivity contribution in [2.24, 2.45) is 0 Å². The average Bonchev–Trinajstić information content (AvgIpc) is 2.92. The molecule has 8 nitrogen and oxygen atoms in total. The number of nitrogens with one attached hydrogen (secondary N) is 3. The number of ether oxygens (including phenoxy) is 2. The van der Waals surface area contributed by atoms with Crippen molar-refractivity contribution in [1.82, 2.24) is 25.5 Å². The topological polar surface area (TPSA) is 97.0 Å². The van der Waals surface area contributed by atoms with Gasteiger partial charge in [0.15, 0.2) is 5.82 Å². The number of hydrogen-bond acceptors (Lipinski definition) is 7. The number of H-pyrrole nitrogens is 1. The highest BCUT2D eigenvalue weighted by molar-refractivity contribution is 5.51. The average molecular weight is 354 g/mol. The zero-order chi connectivity index (χ0) is 17.8. The molecular weight excluding hydrogens is 334 g/mol. The molecule has 2 atom stereocenters. The van der Waals surface area contributed by atoms with Gasteiger partial charge in [-0.1, -0.05) is 0 Å². The van der Waals surface area contributed by atoms with Crippen LogP contribution in [0.5, 0.6) is 11.8 Å². The van der Waals surface area contributed by atoms with Crippen LogP contribution in [0.2, 0.25) is 0 Å². The number of piperidine rings is 1. The van der Waals surface area contributed by atoms with Gasteiger partial charge >= 0.3 is 6.61 Å². The van der Waals surface area contributed by atoms with Gasteiger partial charge in [0.25, 0.3) is 0 Å². The third kappa shape index (κ3) is 4.99. The first-order valence-electron chi connectivity index (χ1n) is 8.00. The second kappa shape index (κ2) is 7.60. The van der Waals surface area contributed by atoms with Crippen LogP contribution in [0.3, 0.4) is 0 Å². The molecule has 2 aromatic rings. The minimum atomic E-state index is -2.93. The molecule has 0 amide bonds. The number of alkyl halides is 2. The number of nitrogens with zero attached hydrogens (tertiary/aromatic N) is 3. The number of anilines is 2. The summed E-state index contributed by atoms with van der Waals surface area (Å²) in [7, 11) is 0. The van der Waals surface area contributed by atoms with Crippen LogP contribution in [-0.2, 0) is 0 Å². The molecule has 0 saturated carbocycles. The normalized spacial score (nSPS) is 23.5. The number of aromatic nitrogens is 4. The standard InChI is InChI=1S/C15H20F2N6O2/c1-8-3-10(4-9(2)19-8)24-14-7-18-6-12(21-14)20-11-5-13(23-22-11)25-15(16)17/h5-10,15,19H,3-4H2,1-2H3,(H2,20,21,22,23)/t8-,9-/m1/s1. The predicted molar refractivity (Wildman–Crippen MR) is 86.2 cm³/mol. The van der Waals surface area contributed by atoms with Crippen LogP contribution in [0.4, 0.5) is 20.4 Å². The third-order valence-corrected chi connectivity index (χ3v) is 3.73. The van der Waals surface area contributed by atoms with Crippen molar-refractivity contribution in [3.05, 3.63) is 18.5 Å². The van der Waals surface area contributed by atoms with Gasteiger partial charge in [0.1, 0.15) is 11.9 Å². The molecule has 25 heavy (non-hydrogen) atoms. The molecule has 1 saturated heterocycles. The third-order valence-electron chi connectivity index (χ3n) is 3.73. The van der Waals surface area contributed by atoms with E-state index in [4.69, 9.17) is 4.74 Å². The highest BCUT2D eigenvalue weighted by atomic mass is 19.3. The molecule has 0 aliphatic carbocycles. The number of aromatic amines is 1. The fourth-order valence-corrected chi connectivity index (χ4v) is 2.90. The second-order valence-corrected chi connectivity index (χ2v) is 6.05. The minimum absolute atomic E-state index is 0.0639. The minimum Gasteiger partial charge on any atom is -0.473 e. The molecule has 1 fully saturated rings. The van der Waals surface area contributed by atoms with Gasteiger partial charge in [-0.25, -0.2) is 0 Å². The van der Waals surface area contributed by atoms with E-state index in [0.717, 1.165) is 12.8 Å². The molecule has 3 N–H and O–H groups in total. The first kappa shape index (κ1) is 17.3. The fraction of sp³-hybridized carbons (Fsp3) is 0.533. The van der Waals surface area contributed by atoms with Crippen molar-refractivity contribution < 1.29 is 18.3 Å². The van der Waals surface area contributed by atoms with Crippen molar-refractivity contribution >= 4 is 11.6 Å². The van der Waals surface area contributed by atoms with E-state index in [1.54, 1.807) is 6.20 Å². The Labute approximate surface area is 143 Å². The van der Waals surface area contributed by atoms with Crippen molar-refractivity contribution in [2.75, 3.05) is 5.32 Å². The van der Waals surface area contributed by atoms with Gasteiger partial charge in [0, 0.05) is 18.2 Å². The summed E-state index contributed by atoms with van der Waals surface area (Å²) in [5.41, 5.74) is 0. The highest BCUT2D eigenvalue weighted by Crippen LogP contribution is 2.22. The van der Waals surface area contributed by atoms with Crippen molar-refractivity contribution in [3.63, 3.8) is 0 Å². The molecule has 0 radical (unpaired) electrons. The van der Waals surface area contributed by atoms with Crippen LogP contribution in [0.1, 0.15) is 26.7 Å². The van der Waals surface area contributed by atoms with Crippen molar-refractivity contribution in [2.45, 2.75) is 51.5 Å². The lowest BCUT2D eigenvalue weighted by molar-refractivity contribution is -0.0528.